The van der Waals surface area contributed by atoms with Gasteiger partial charge in [0.15, 0.2) is 0 Å². The van der Waals surface area contributed by atoms with Gasteiger partial charge < -0.3 is 4.52 Å². The van der Waals surface area contributed by atoms with Crippen LogP contribution >= 0.6 is 7.60 Å². The Balaban J connectivity index is 4.81. The molecular formula is C8H15O6PS. The molecule has 0 fully saturated rings. The molecule has 8 heteroatoms. The Labute approximate surface area is 95.6 Å². The van der Waals surface area contributed by atoms with E-state index in [4.69, 9.17) is 9.08 Å². The molecule has 0 heterocycles. The van der Waals surface area contributed by atoms with E-state index >= 15 is 0 Å². The quantitative estimate of drug-likeness (QED) is 0.442. The molecule has 0 rings (SSSR count). The van der Waals surface area contributed by atoms with Crippen LogP contribution < -0.4 is 0 Å². The molecule has 0 bridgehead atoms. The van der Waals surface area contributed by atoms with Gasteiger partial charge in [-0.05, 0) is 6.92 Å². The minimum Gasteiger partial charge on any atom is -0.312 e. The van der Waals surface area contributed by atoms with E-state index in [0.717, 1.165) is 0 Å². The van der Waals surface area contributed by atoms with Crippen LogP contribution in [-0.2, 0) is 23.7 Å². The zero-order valence-corrected chi connectivity index (χ0v) is 11.0. The molecule has 0 aromatic heterocycles. The first-order valence-electron chi connectivity index (χ1n) is 4.47. The Bertz CT molecular complexity index is 410. The van der Waals surface area contributed by atoms with E-state index in [9.17, 15) is 13.0 Å². The van der Waals surface area contributed by atoms with Crippen LogP contribution in [0.1, 0.15) is 13.8 Å². The first-order chi connectivity index (χ1) is 7.26. The van der Waals surface area contributed by atoms with Crippen LogP contribution in [0.3, 0.4) is 0 Å². The summed E-state index contributed by atoms with van der Waals surface area (Å²) >= 11 is 0. The van der Waals surface area contributed by atoms with E-state index in [1.807, 2.05) is 0 Å². The van der Waals surface area contributed by atoms with Gasteiger partial charge in [0, 0.05) is 13.3 Å². The van der Waals surface area contributed by atoms with E-state index in [0.29, 0.717) is 0 Å². The molecule has 0 amide bonds. The van der Waals surface area contributed by atoms with Crippen molar-refractivity contribution in [3.63, 3.8) is 0 Å². The molecule has 0 aromatic rings. The molecule has 0 aliphatic carbocycles. The maximum Gasteiger partial charge on any atom is 0.331 e. The number of rotatable bonds is 6. The maximum atomic E-state index is 11.7. The fourth-order valence-corrected chi connectivity index (χ4v) is 2.53. The van der Waals surface area contributed by atoms with Gasteiger partial charge in [-0.1, -0.05) is 12.8 Å². The van der Waals surface area contributed by atoms with Crippen molar-refractivity contribution < 1.29 is 26.6 Å². The third-order valence-corrected chi connectivity index (χ3v) is 4.25. The SMILES string of the molecule is CC#CC(CS(=O)(=O)O)OP(=O)(CC)OC. The normalized spacial score (nSPS) is 17.0. The predicted molar refractivity (Wildman–Crippen MR) is 59.9 cm³/mol. The van der Waals surface area contributed by atoms with Gasteiger partial charge >= 0.3 is 7.60 Å². The molecule has 0 radical (unpaired) electrons. The van der Waals surface area contributed by atoms with Gasteiger partial charge in [0.2, 0.25) is 0 Å². The Morgan fingerprint density at radius 3 is 2.38 bits per heavy atom. The van der Waals surface area contributed by atoms with Gasteiger partial charge in [0.1, 0.15) is 11.9 Å². The van der Waals surface area contributed by atoms with E-state index in [-0.39, 0.29) is 6.16 Å². The second-order valence-corrected chi connectivity index (χ2v) is 6.77. The van der Waals surface area contributed by atoms with Crippen LogP contribution in [-0.4, -0.2) is 38.1 Å². The molecule has 6 nitrogen and oxygen atoms in total. The van der Waals surface area contributed by atoms with Gasteiger partial charge in [-0.3, -0.25) is 13.6 Å². The monoisotopic (exact) mass is 270 g/mol. The molecule has 0 saturated carbocycles. The van der Waals surface area contributed by atoms with Crippen LogP contribution in [0.5, 0.6) is 0 Å². The molecule has 0 saturated heterocycles. The number of hydrogen-bond donors (Lipinski definition) is 1. The summed E-state index contributed by atoms with van der Waals surface area (Å²) in [6.45, 7) is 3.05. The van der Waals surface area contributed by atoms with E-state index in [2.05, 4.69) is 16.4 Å². The Morgan fingerprint density at radius 2 is 2.06 bits per heavy atom. The highest BCUT2D eigenvalue weighted by Gasteiger charge is 2.27. The highest BCUT2D eigenvalue weighted by Crippen LogP contribution is 2.47. The average Bonchev–Trinajstić information content (AvgIpc) is 2.15. The van der Waals surface area contributed by atoms with Crippen molar-refractivity contribution in [1.82, 2.24) is 0 Å². The summed E-state index contributed by atoms with van der Waals surface area (Å²) in [5, 5.41) is 0. The lowest BCUT2D eigenvalue weighted by atomic mass is 10.4. The Morgan fingerprint density at radius 1 is 1.50 bits per heavy atom. The van der Waals surface area contributed by atoms with Crippen molar-refractivity contribution in [1.29, 1.82) is 0 Å². The molecule has 0 aliphatic heterocycles. The highest BCUT2D eigenvalue weighted by molar-refractivity contribution is 7.85. The molecule has 1 N–H and O–H groups in total. The van der Waals surface area contributed by atoms with Crippen LogP contribution in [0.15, 0.2) is 0 Å². The van der Waals surface area contributed by atoms with Gasteiger partial charge in [-0.15, -0.1) is 5.92 Å². The van der Waals surface area contributed by atoms with Crippen molar-refractivity contribution in [3.05, 3.63) is 0 Å². The van der Waals surface area contributed by atoms with E-state index in [1.165, 1.54) is 14.0 Å². The lowest BCUT2D eigenvalue weighted by Gasteiger charge is -2.18. The molecular weight excluding hydrogens is 255 g/mol. The lowest BCUT2D eigenvalue weighted by Crippen LogP contribution is -2.22. The van der Waals surface area contributed by atoms with Crippen LogP contribution in [0, 0.1) is 11.8 Å². The molecule has 16 heavy (non-hydrogen) atoms. The predicted octanol–water partition coefficient (Wildman–Crippen LogP) is 1.14. The smallest absolute Gasteiger partial charge is 0.312 e. The zero-order chi connectivity index (χ0) is 12.8. The van der Waals surface area contributed by atoms with Crippen molar-refractivity contribution >= 4 is 17.7 Å². The largest absolute Gasteiger partial charge is 0.331 e. The minimum atomic E-state index is -4.24. The summed E-state index contributed by atoms with van der Waals surface area (Å²) in [7, 11) is -6.37. The van der Waals surface area contributed by atoms with Gasteiger partial charge in [-0.25, -0.2) is 0 Å². The molecule has 94 valence electrons. The summed E-state index contributed by atoms with van der Waals surface area (Å²) in [4.78, 5) is 0. The fraction of sp³-hybridized carbons (Fsp3) is 0.750. The van der Waals surface area contributed by atoms with Crippen LogP contribution in [0.2, 0.25) is 0 Å². The van der Waals surface area contributed by atoms with Crippen LogP contribution in [0.4, 0.5) is 0 Å². The van der Waals surface area contributed by atoms with E-state index in [1.54, 1.807) is 6.92 Å². The lowest BCUT2D eigenvalue weighted by molar-refractivity contribution is 0.211. The number of hydrogen-bond acceptors (Lipinski definition) is 5. The van der Waals surface area contributed by atoms with Crippen molar-refractivity contribution in [2.24, 2.45) is 0 Å². The first kappa shape index (κ1) is 15.6. The molecule has 0 spiro atoms. The maximum absolute atomic E-state index is 11.7. The Hall–Kier alpha value is -0.380. The summed E-state index contributed by atoms with van der Waals surface area (Å²) in [6.07, 6.45) is -1.07. The molecule has 2 atom stereocenters. The van der Waals surface area contributed by atoms with E-state index < -0.39 is 29.6 Å². The molecule has 2 unspecified atom stereocenters. The Kier molecular flexibility index (Phi) is 6.23. The molecule has 0 aliphatic rings. The zero-order valence-electron chi connectivity index (χ0n) is 9.34. The molecule has 0 aromatic carbocycles. The van der Waals surface area contributed by atoms with Crippen molar-refractivity contribution in [3.8, 4) is 11.8 Å². The summed E-state index contributed by atoms with van der Waals surface area (Å²) < 4.78 is 51.3. The van der Waals surface area contributed by atoms with Crippen molar-refractivity contribution in [2.45, 2.75) is 20.0 Å². The standard InChI is InChI=1S/C8H15O6PS/c1-4-6-8(7-16(10,11)12)14-15(9,5-2)13-3/h8H,5,7H2,1-3H3,(H,10,11,12). The van der Waals surface area contributed by atoms with Crippen molar-refractivity contribution in [2.75, 3.05) is 19.0 Å². The summed E-state index contributed by atoms with van der Waals surface area (Å²) in [5.41, 5.74) is 0. The third-order valence-electron chi connectivity index (χ3n) is 1.62. The second kappa shape index (κ2) is 6.38. The average molecular weight is 270 g/mol. The van der Waals surface area contributed by atoms with Gasteiger partial charge in [0.25, 0.3) is 10.1 Å². The van der Waals surface area contributed by atoms with Crippen LogP contribution in [0.25, 0.3) is 0 Å². The van der Waals surface area contributed by atoms with Gasteiger partial charge in [-0.2, -0.15) is 8.42 Å². The minimum absolute atomic E-state index is 0.0941. The summed E-state index contributed by atoms with van der Waals surface area (Å²) in [6, 6.07) is 0. The highest BCUT2D eigenvalue weighted by atomic mass is 32.2. The van der Waals surface area contributed by atoms with Gasteiger partial charge in [0.05, 0.1) is 0 Å². The fourth-order valence-electron chi connectivity index (χ4n) is 0.891. The second-order valence-electron chi connectivity index (χ2n) is 2.85. The third kappa shape index (κ3) is 6.26. The summed E-state index contributed by atoms with van der Waals surface area (Å²) in [5.74, 6) is 4.10. The first-order valence-corrected chi connectivity index (χ1v) is 7.80. The topological polar surface area (TPSA) is 89.9 Å².